The van der Waals surface area contributed by atoms with E-state index in [1.807, 2.05) is 0 Å². The quantitative estimate of drug-likeness (QED) is 0.0677. The third-order valence-electron chi connectivity index (χ3n) is 11.3. The molecule has 0 N–H and O–H groups in total. The minimum absolute atomic E-state index is 0.0367. The molecule has 74 heavy (non-hydrogen) atoms. The first-order chi connectivity index (χ1) is 35.8. The molecule has 0 saturated carbocycles. The first kappa shape index (κ1) is 47.6. The van der Waals surface area contributed by atoms with Crippen LogP contribution in [0, 0.1) is 143 Å². The normalized spacial score (nSPS) is 11.6. The van der Waals surface area contributed by atoms with Crippen LogP contribution in [0.25, 0.3) is 43.1 Å². The van der Waals surface area contributed by atoms with Crippen molar-refractivity contribution in [2.24, 2.45) is 0 Å². The molecule has 11 nitrogen and oxygen atoms in total. The zero-order chi connectivity index (χ0) is 52.1. The van der Waals surface area contributed by atoms with Crippen LogP contribution in [0.2, 0.25) is 0 Å². The van der Waals surface area contributed by atoms with Gasteiger partial charge in [-0.05, 0) is 164 Å². The molecule has 2 heterocycles. The molecular weight excluding hydrogens is 967 g/mol. The SMILES string of the molecule is C#CC#CC#CC#CC#CC#CN(C#CC#CC#CC#CC#CC#C)S(=O)(=O)c1ccc(N2C(=O)c3ccc4c5ccc6c7c(ccc(c8ccc(c3c48)C2=O)c75)C(=O)N(c2ccc(S(C)(=O)=O)cc2)C6=O)cc1. The van der Waals surface area contributed by atoms with Crippen molar-refractivity contribution in [3.05, 3.63) is 119 Å². The van der Waals surface area contributed by atoms with Crippen molar-refractivity contribution in [1.82, 2.24) is 4.31 Å². The Kier molecular flexibility index (Phi) is 12.5. The number of carbonyl (C=O) groups is 4. The molecule has 0 saturated heterocycles. The lowest BCUT2D eigenvalue weighted by atomic mass is 9.82. The van der Waals surface area contributed by atoms with E-state index in [-0.39, 0.29) is 43.4 Å². The van der Waals surface area contributed by atoms with E-state index in [1.165, 1.54) is 48.5 Å². The molecule has 0 atom stereocenters. The number of anilines is 2. The van der Waals surface area contributed by atoms with Gasteiger partial charge in [0.05, 0.1) is 33.3 Å². The fourth-order valence-corrected chi connectivity index (χ4v) is 9.92. The minimum Gasteiger partial charge on any atom is -0.268 e. The van der Waals surface area contributed by atoms with Gasteiger partial charge in [0.1, 0.15) is 0 Å². The fraction of sp³-hybridized carbons (Fsp3) is 0.0164. The van der Waals surface area contributed by atoms with Gasteiger partial charge in [0.25, 0.3) is 33.7 Å². The molecule has 0 fully saturated rings. The molecule has 7 aromatic rings. The highest BCUT2D eigenvalue weighted by Gasteiger charge is 2.38. The van der Waals surface area contributed by atoms with Crippen LogP contribution in [0.15, 0.2) is 107 Å². The summed E-state index contributed by atoms with van der Waals surface area (Å²) in [7, 11) is -8.06. The molecule has 0 radical (unpaired) electrons. The Hall–Kier alpha value is -11.5. The Morgan fingerprint density at radius 1 is 0.365 bits per heavy atom. The van der Waals surface area contributed by atoms with Gasteiger partial charge in [0.15, 0.2) is 9.84 Å². The minimum atomic E-state index is -4.53. The van der Waals surface area contributed by atoms with Crippen LogP contribution >= 0.6 is 0 Å². The number of nitrogens with zero attached hydrogens (tertiary/aromatic N) is 3. The van der Waals surface area contributed by atoms with Crippen molar-refractivity contribution < 1.29 is 36.0 Å². The second kappa shape index (κ2) is 19.5. The zero-order valence-corrected chi connectivity index (χ0v) is 39.4. The number of rotatable bonds is 5. The van der Waals surface area contributed by atoms with Gasteiger partial charge < -0.3 is 0 Å². The Labute approximate surface area is 424 Å². The largest absolute Gasteiger partial charge is 0.282 e. The second-order valence-corrected chi connectivity index (χ2v) is 19.1. The Morgan fingerprint density at radius 3 is 0.946 bits per heavy atom. The molecule has 9 rings (SSSR count). The monoisotopic (exact) mass is 987 g/mol. The first-order valence-corrected chi connectivity index (χ1v) is 24.5. The summed E-state index contributed by atoms with van der Waals surface area (Å²) in [6, 6.07) is 28.7. The smallest absolute Gasteiger partial charge is 0.268 e. The van der Waals surface area contributed by atoms with Crippen molar-refractivity contribution in [2.75, 3.05) is 16.1 Å². The topological polar surface area (TPSA) is 146 Å². The summed E-state index contributed by atoms with van der Waals surface area (Å²) < 4.78 is 52.6. The predicted octanol–water partition coefficient (Wildman–Crippen LogP) is 5.95. The number of terminal acetylenes is 2. The van der Waals surface area contributed by atoms with E-state index < -0.39 is 43.5 Å². The van der Waals surface area contributed by atoms with Gasteiger partial charge >= 0.3 is 0 Å². The van der Waals surface area contributed by atoms with E-state index in [9.17, 15) is 36.0 Å². The summed E-state index contributed by atoms with van der Waals surface area (Å²) in [5.41, 5.74) is 1.21. The van der Waals surface area contributed by atoms with Crippen LogP contribution < -0.4 is 9.80 Å². The molecular formula is C61H21N3O8S2. The number of benzene rings is 7. The van der Waals surface area contributed by atoms with E-state index in [1.54, 1.807) is 48.5 Å². The lowest BCUT2D eigenvalue weighted by molar-refractivity contribution is 0.0877. The molecule has 0 unspecified atom stereocenters. The van der Waals surface area contributed by atoms with E-state index in [2.05, 4.69) is 130 Å². The summed E-state index contributed by atoms with van der Waals surface area (Å²) in [4.78, 5) is 59.0. The van der Waals surface area contributed by atoms with Crippen LogP contribution in [-0.2, 0) is 19.9 Å². The lowest BCUT2D eigenvalue weighted by Crippen LogP contribution is -2.40. The summed E-state index contributed by atoms with van der Waals surface area (Å²) in [5.74, 6) is 44.8. The Balaban J connectivity index is 1.04. The van der Waals surface area contributed by atoms with Gasteiger partial charge in [-0.25, -0.2) is 18.2 Å². The molecule has 2 aliphatic heterocycles. The number of fused-ring (bicyclic) bond motifs is 2. The van der Waals surface area contributed by atoms with Gasteiger partial charge in [-0.1, -0.05) is 24.3 Å². The van der Waals surface area contributed by atoms with Crippen LogP contribution in [0.3, 0.4) is 0 Å². The maximum atomic E-state index is 14.5. The van der Waals surface area contributed by atoms with E-state index in [4.69, 9.17) is 12.8 Å². The molecule has 2 aliphatic rings. The van der Waals surface area contributed by atoms with Gasteiger partial charge in [-0.15, -0.1) is 17.2 Å². The number of sulfone groups is 1. The van der Waals surface area contributed by atoms with Crippen molar-refractivity contribution in [3.8, 4) is 143 Å². The van der Waals surface area contributed by atoms with Gasteiger partial charge in [-0.2, -0.15) is 8.42 Å². The van der Waals surface area contributed by atoms with Crippen molar-refractivity contribution >= 4 is 98.0 Å². The summed E-state index contributed by atoms with van der Waals surface area (Å²) in [6.07, 6.45) is 11.1. The molecule has 340 valence electrons. The van der Waals surface area contributed by atoms with E-state index >= 15 is 0 Å². The molecule has 0 spiro atoms. The highest BCUT2D eigenvalue weighted by molar-refractivity contribution is 7.90. The molecule has 7 aromatic carbocycles. The average Bonchev–Trinajstić information content (AvgIpc) is 3.43. The van der Waals surface area contributed by atoms with Crippen LogP contribution in [0.4, 0.5) is 11.4 Å². The standard InChI is InChI=1S/C61H21N3O8S2/c1-4-6-8-10-12-14-16-18-20-22-40-62(41-23-21-19-17-15-13-11-9-7-5-2)74(71,72)45-30-26-43(27-31-45)64-60(67)52-38-34-48-46-32-36-50-56-51(59(66)63(58(50)65)42-24-28-44(29-25-42)73(3,69)70)37-33-47(54(46)56)49-35-39-53(61(64)68)57(52)55(48)49/h1-2,24-39H,3H3. The van der Waals surface area contributed by atoms with E-state index in [0.717, 1.165) is 16.1 Å². The van der Waals surface area contributed by atoms with Crippen LogP contribution in [0.5, 0.6) is 0 Å². The van der Waals surface area contributed by atoms with Gasteiger partial charge in [-0.3, -0.25) is 19.2 Å². The number of carbonyl (C=O) groups excluding carboxylic acids is 4. The van der Waals surface area contributed by atoms with Crippen molar-refractivity contribution in [1.29, 1.82) is 0 Å². The molecule has 13 heteroatoms. The molecule has 4 amide bonds. The Morgan fingerprint density at radius 2 is 0.649 bits per heavy atom. The van der Waals surface area contributed by atoms with Crippen molar-refractivity contribution in [3.63, 3.8) is 0 Å². The number of amides is 4. The maximum Gasteiger partial charge on any atom is 0.282 e. The molecule has 0 bridgehead atoms. The Bertz CT molecular complexity index is 4600. The second-order valence-electron chi connectivity index (χ2n) is 15.3. The van der Waals surface area contributed by atoms with Gasteiger partial charge in [0.2, 0.25) is 0 Å². The third-order valence-corrected chi connectivity index (χ3v) is 13.9. The number of imide groups is 2. The summed E-state index contributed by atoms with van der Waals surface area (Å²) in [5, 5.41) is 4.80. The predicted molar refractivity (Wildman–Crippen MR) is 280 cm³/mol. The fourth-order valence-electron chi connectivity index (χ4n) is 8.27. The van der Waals surface area contributed by atoms with Crippen molar-refractivity contribution in [2.45, 2.75) is 9.79 Å². The third kappa shape index (κ3) is 8.54. The number of hydrogen-bond acceptors (Lipinski definition) is 8. The van der Waals surface area contributed by atoms with Gasteiger partial charge in [0, 0.05) is 98.5 Å². The summed E-state index contributed by atoms with van der Waals surface area (Å²) in [6.45, 7) is 0. The van der Waals surface area contributed by atoms with E-state index in [0.29, 0.717) is 47.4 Å². The highest BCUT2D eigenvalue weighted by Crippen LogP contribution is 2.47. The zero-order valence-electron chi connectivity index (χ0n) is 37.8. The summed E-state index contributed by atoms with van der Waals surface area (Å²) >= 11 is 0. The first-order valence-electron chi connectivity index (χ1n) is 21.1. The van der Waals surface area contributed by atoms with Crippen LogP contribution in [-0.4, -0.2) is 51.0 Å². The molecule has 0 aromatic heterocycles. The maximum absolute atomic E-state index is 14.5. The average molecular weight is 988 g/mol. The lowest BCUT2D eigenvalue weighted by Gasteiger charge is -2.30. The highest BCUT2D eigenvalue weighted by atomic mass is 32.2. The number of hydrogen-bond donors (Lipinski definition) is 0. The number of sulfonamides is 1. The van der Waals surface area contributed by atoms with Crippen LogP contribution in [0.1, 0.15) is 41.4 Å². The molecule has 0 aliphatic carbocycles.